The summed E-state index contributed by atoms with van der Waals surface area (Å²) in [6, 6.07) is 0. The Labute approximate surface area is 94.4 Å². The highest BCUT2D eigenvalue weighted by molar-refractivity contribution is 5.87. The van der Waals surface area contributed by atoms with Crippen LogP contribution in [0, 0.1) is 0 Å². The van der Waals surface area contributed by atoms with Crippen molar-refractivity contribution in [2.24, 2.45) is 0 Å². The maximum absolute atomic E-state index is 11.8. The fourth-order valence-corrected chi connectivity index (χ4v) is 1.35. The van der Waals surface area contributed by atoms with Crippen molar-refractivity contribution in [3.8, 4) is 0 Å². The van der Waals surface area contributed by atoms with Crippen LogP contribution in [0.15, 0.2) is 12.2 Å². The third kappa shape index (κ3) is 7.18. The average molecular weight is 211 g/mol. The summed E-state index contributed by atoms with van der Waals surface area (Å²) in [6.07, 6.45) is 9.09. The summed E-state index contributed by atoms with van der Waals surface area (Å²) in [7, 11) is 0. The Balaban J connectivity index is 4.07. The maximum atomic E-state index is 11.8. The molecule has 0 radical (unpaired) electrons. The minimum atomic E-state index is 0.179. The Kier molecular flexibility index (Phi) is 9.24. The van der Waals surface area contributed by atoms with Gasteiger partial charge in [0.15, 0.2) is 0 Å². The summed E-state index contributed by atoms with van der Waals surface area (Å²) < 4.78 is 0. The lowest BCUT2D eigenvalue weighted by Crippen LogP contribution is -2.31. The molecule has 0 bridgehead atoms. The molecule has 0 unspecified atom stereocenters. The number of carbonyl (C=O) groups is 1. The van der Waals surface area contributed by atoms with Gasteiger partial charge in [-0.3, -0.25) is 4.79 Å². The second-order valence-electron chi connectivity index (χ2n) is 3.84. The molecule has 0 aliphatic rings. The van der Waals surface area contributed by atoms with Crippen molar-refractivity contribution in [1.82, 2.24) is 4.90 Å². The van der Waals surface area contributed by atoms with Gasteiger partial charge in [0, 0.05) is 13.1 Å². The molecule has 0 heterocycles. The third-order valence-corrected chi connectivity index (χ3v) is 2.37. The van der Waals surface area contributed by atoms with Gasteiger partial charge in [-0.1, -0.05) is 39.7 Å². The third-order valence-electron chi connectivity index (χ3n) is 2.37. The predicted octanol–water partition coefficient (Wildman–Crippen LogP) is 3.38. The summed E-state index contributed by atoms with van der Waals surface area (Å²) in [5.74, 6) is 0.179. The van der Waals surface area contributed by atoms with Gasteiger partial charge in [-0.25, -0.2) is 0 Å². The van der Waals surface area contributed by atoms with Crippen molar-refractivity contribution in [2.75, 3.05) is 13.1 Å². The number of hydrogen-bond acceptors (Lipinski definition) is 1. The fourth-order valence-electron chi connectivity index (χ4n) is 1.35. The van der Waals surface area contributed by atoms with E-state index in [1.54, 1.807) is 6.08 Å². The van der Waals surface area contributed by atoms with E-state index in [4.69, 9.17) is 0 Å². The molecule has 0 fully saturated rings. The van der Waals surface area contributed by atoms with E-state index in [2.05, 4.69) is 13.8 Å². The number of carbonyl (C=O) groups excluding carboxylic acids is 1. The van der Waals surface area contributed by atoms with Crippen LogP contribution in [0.1, 0.15) is 52.9 Å². The van der Waals surface area contributed by atoms with Gasteiger partial charge in [0.2, 0.25) is 5.91 Å². The summed E-state index contributed by atoms with van der Waals surface area (Å²) in [6.45, 7) is 8.17. The normalized spacial score (nSPS) is 10.9. The van der Waals surface area contributed by atoms with Gasteiger partial charge in [0.05, 0.1) is 0 Å². The lowest BCUT2D eigenvalue weighted by Gasteiger charge is -2.20. The lowest BCUT2D eigenvalue weighted by atomic mass is 10.2. The van der Waals surface area contributed by atoms with E-state index in [1.165, 1.54) is 0 Å². The summed E-state index contributed by atoms with van der Waals surface area (Å²) in [5.41, 5.74) is 0. The molecule has 0 aromatic rings. The van der Waals surface area contributed by atoms with Crippen molar-refractivity contribution < 1.29 is 4.79 Å². The highest BCUT2D eigenvalue weighted by Gasteiger charge is 2.08. The standard InChI is InChI=1S/C13H25NO/c1-4-7-10-13(15)14(11-8-5-2)12-9-6-3/h7,10H,4-6,8-9,11-12H2,1-3H3. The molecule has 0 N–H and O–H groups in total. The molecular formula is C13H25NO. The Morgan fingerprint density at radius 1 is 1.07 bits per heavy atom. The minimum absolute atomic E-state index is 0.179. The van der Waals surface area contributed by atoms with Crippen LogP contribution in [0.2, 0.25) is 0 Å². The van der Waals surface area contributed by atoms with Crippen LogP contribution >= 0.6 is 0 Å². The van der Waals surface area contributed by atoms with Crippen molar-refractivity contribution in [2.45, 2.75) is 52.9 Å². The largest absolute Gasteiger partial charge is 0.339 e. The highest BCUT2D eigenvalue weighted by atomic mass is 16.2. The van der Waals surface area contributed by atoms with E-state index in [-0.39, 0.29) is 5.91 Å². The molecule has 0 saturated heterocycles. The van der Waals surface area contributed by atoms with Crippen LogP contribution in [-0.4, -0.2) is 23.9 Å². The molecule has 15 heavy (non-hydrogen) atoms. The van der Waals surface area contributed by atoms with Crippen LogP contribution in [0.5, 0.6) is 0 Å². The number of hydrogen-bond donors (Lipinski definition) is 0. The van der Waals surface area contributed by atoms with Gasteiger partial charge < -0.3 is 4.90 Å². The van der Waals surface area contributed by atoms with Gasteiger partial charge in [0.25, 0.3) is 0 Å². The van der Waals surface area contributed by atoms with E-state index in [1.807, 2.05) is 17.9 Å². The molecular weight excluding hydrogens is 186 g/mol. The van der Waals surface area contributed by atoms with Crippen LogP contribution in [0.3, 0.4) is 0 Å². The van der Waals surface area contributed by atoms with E-state index in [0.29, 0.717) is 0 Å². The zero-order valence-corrected chi connectivity index (χ0v) is 10.5. The first kappa shape index (κ1) is 14.2. The van der Waals surface area contributed by atoms with Crippen molar-refractivity contribution in [1.29, 1.82) is 0 Å². The summed E-state index contributed by atoms with van der Waals surface area (Å²) in [4.78, 5) is 13.7. The van der Waals surface area contributed by atoms with E-state index < -0.39 is 0 Å². The molecule has 0 spiro atoms. The smallest absolute Gasteiger partial charge is 0.246 e. The molecule has 0 saturated carbocycles. The molecule has 0 aliphatic heterocycles. The number of unbranched alkanes of at least 4 members (excludes halogenated alkanes) is 2. The second kappa shape index (κ2) is 9.75. The molecule has 2 heteroatoms. The van der Waals surface area contributed by atoms with E-state index >= 15 is 0 Å². The summed E-state index contributed by atoms with van der Waals surface area (Å²) >= 11 is 0. The Morgan fingerprint density at radius 3 is 2.00 bits per heavy atom. The number of amides is 1. The van der Waals surface area contributed by atoms with E-state index in [0.717, 1.165) is 45.2 Å². The minimum Gasteiger partial charge on any atom is -0.339 e. The molecule has 0 aromatic carbocycles. The summed E-state index contributed by atoms with van der Waals surface area (Å²) in [5, 5.41) is 0. The first-order valence-corrected chi connectivity index (χ1v) is 6.21. The Morgan fingerprint density at radius 2 is 1.60 bits per heavy atom. The highest BCUT2D eigenvalue weighted by Crippen LogP contribution is 2.01. The van der Waals surface area contributed by atoms with Crippen LogP contribution in [0.25, 0.3) is 0 Å². The molecule has 1 amide bonds. The predicted molar refractivity (Wildman–Crippen MR) is 65.8 cm³/mol. The zero-order valence-electron chi connectivity index (χ0n) is 10.5. The van der Waals surface area contributed by atoms with Crippen molar-refractivity contribution >= 4 is 5.91 Å². The Hall–Kier alpha value is -0.790. The van der Waals surface area contributed by atoms with Crippen molar-refractivity contribution in [3.05, 3.63) is 12.2 Å². The average Bonchev–Trinajstić information content (AvgIpc) is 2.26. The first-order chi connectivity index (χ1) is 7.26. The number of rotatable bonds is 8. The molecule has 0 rings (SSSR count). The van der Waals surface area contributed by atoms with Gasteiger partial charge in [-0.2, -0.15) is 0 Å². The number of nitrogens with zero attached hydrogens (tertiary/aromatic N) is 1. The molecule has 2 nitrogen and oxygen atoms in total. The molecule has 0 aliphatic carbocycles. The van der Waals surface area contributed by atoms with Crippen LogP contribution < -0.4 is 0 Å². The second-order valence-corrected chi connectivity index (χ2v) is 3.84. The van der Waals surface area contributed by atoms with Gasteiger partial charge in [-0.05, 0) is 25.3 Å². The van der Waals surface area contributed by atoms with Gasteiger partial charge in [0.1, 0.15) is 0 Å². The molecule has 88 valence electrons. The SMILES string of the molecule is CCC=CC(=O)N(CCCC)CCCC. The topological polar surface area (TPSA) is 20.3 Å². The maximum Gasteiger partial charge on any atom is 0.246 e. The molecule has 0 aromatic heterocycles. The first-order valence-electron chi connectivity index (χ1n) is 6.21. The molecule has 0 atom stereocenters. The Bertz CT molecular complexity index is 179. The number of allylic oxidation sites excluding steroid dienone is 1. The lowest BCUT2D eigenvalue weighted by molar-refractivity contribution is -0.126. The van der Waals surface area contributed by atoms with Crippen molar-refractivity contribution in [3.63, 3.8) is 0 Å². The van der Waals surface area contributed by atoms with Crippen LogP contribution in [0.4, 0.5) is 0 Å². The van der Waals surface area contributed by atoms with E-state index in [9.17, 15) is 4.79 Å². The zero-order chi connectivity index (χ0) is 11.5. The monoisotopic (exact) mass is 211 g/mol. The van der Waals surface area contributed by atoms with Gasteiger partial charge >= 0.3 is 0 Å². The van der Waals surface area contributed by atoms with Crippen LogP contribution in [-0.2, 0) is 4.79 Å². The van der Waals surface area contributed by atoms with Gasteiger partial charge in [-0.15, -0.1) is 0 Å². The quantitative estimate of drug-likeness (QED) is 0.564. The fraction of sp³-hybridized carbons (Fsp3) is 0.769.